The molecule has 0 bridgehead atoms. The van der Waals surface area contributed by atoms with Crippen molar-refractivity contribution in [2.75, 3.05) is 0 Å². The topological polar surface area (TPSA) is 127 Å². The van der Waals surface area contributed by atoms with Crippen molar-refractivity contribution in [1.82, 2.24) is 23.2 Å². The average Bonchev–Trinajstić information content (AvgIpc) is 3.78. The van der Waals surface area contributed by atoms with E-state index in [-0.39, 0.29) is 28.9 Å². The molecule has 1 aliphatic rings. The molecular weight excluding hydrogens is 651 g/mol. The summed E-state index contributed by atoms with van der Waals surface area (Å²) >= 11 is 0. The number of carbonyl (C=O) groups is 2. The number of aliphatic hydroxyl groups is 1. The van der Waals surface area contributed by atoms with E-state index in [0.29, 0.717) is 39.2 Å². The predicted molar refractivity (Wildman–Crippen MR) is 189 cm³/mol. The molecule has 4 heterocycles. The average molecular weight is 682 g/mol. The Morgan fingerprint density at radius 1 is 0.780 bits per heavy atom. The van der Waals surface area contributed by atoms with Gasteiger partial charge in [0.15, 0.2) is 5.65 Å². The van der Waals surface area contributed by atoms with Gasteiger partial charge < -0.3 is 5.11 Å². The number of aromatic nitrogens is 4. The van der Waals surface area contributed by atoms with Gasteiger partial charge in [-0.25, -0.2) is 22.4 Å². The number of fused-ring (bicyclic) bond motifs is 4. The van der Waals surface area contributed by atoms with Crippen LogP contribution in [-0.2, 0) is 22.2 Å². The molecule has 11 heteroatoms. The van der Waals surface area contributed by atoms with Gasteiger partial charge in [0.05, 0.1) is 51.1 Å². The van der Waals surface area contributed by atoms with Crippen molar-refractivity contribution in [1.29, 1.82) is 0 Å². The zero-order chi connectivity index (χ0) is 34.9. The van der Waals surface area contributed by atoms with Crippen LogP contribution in [0, 0.1) is 6.92 Å². The van der Waals surface area contributed by atoms with Crippen LogP contribution >= 0.6 is 0 Å². The minimum absolute atomic E-state index is 0.0664. The third-order valence-electron chi connectivity index (χ3n) is 9.12. The molecule has 0 aliphatic carbocycles. The quantitative estimate of drug-likeness (QED) is 0.188. The van der Waals surface area contributed by atoms with Crippen LogP contribution in [0.1, 0.15) is 51.3 Å². The van der Waals surface area contributed by atoms with Crippen molar-refractivity contribution in [3.63, 3.8) is 0 Å². The minimum Gasteiger partial charge on any atom is -0.386 e. The van der Waals surface area contributed by atoms with Gasteiger partial charge in [0, 0.05) is 17.3 Å². The summed E-state index contributed by atoms with van der Waals surface area (Å²) in [6, 6.07) is 30.1. The van der Waals surface area contributed by atoms with E-state index in [2.05, 4.69) is 4.98 Å². The number of aryl methyl sites for hydroxylation is 1. The summed E-state index contributed by atoms with van der Waals surface area (Å²) in [5, 5.41) is 10.5. The number of nitrogens with zero attached hydrogens (tertiary/aromatic N) is 5. The molecule has 0 saturated carbocycles. The molecule has 0 fully saturated rings. The van der Waals surface area contributed by atoms with E-state index in [1.54, 1.807) is 74.6 Å². The highest BCUT2D eigenvalue weighted by molar-refractivity contribution is 7.90. The van der Waals surface area contributed by atoms with Crippen molar-refractivity contribution >= 4 is 38.5 Å². The Bertz CT molecular complexity index is 2580. The van der Waals surface area contributed by atoms with Crippen LogP contribution in [0.5, 0.6) is 0 Å². The van der Waals surface area contributed by atoms with Crippen LogP contribution in [0.3, 0.4) is 0 Å². The number of hydrogen-bond donors (Lipinski definition) is 1. The number of imide groups is 1. The van der Waals surface area contributed by atoms with E-state index < -0.39 is 15.6 Å². The van der Waals surface area contributed by atoms with Crippen LogP contribution in [0.4, 0.5) is 0 Å². The van der Waals surface area contributed by atoms with E-state index >= 15 is 0 Å². The molecule has 0 spiro atoms. The maximum absolute atomic E-state index is 13.8. The molecule has 0 atom stereocenters. The Morgan fingerprint density at radius 3 is 2.12 bits per heavy atom. The molecular formula is C39H31N5O5S. The van der Waals surface area contributed by atoms with Gasteiger partial charge in [-0.1, -0.05) is 72.3 Å². The first-order chi connectivity index (χ1) is 23.9. The molecule has 1 aliphatic heterocycles. The summed E-state index contributed by atoms with van der Waals surface area (Å²) < 4.78 is 30.7. The normalized spacial score (nSPS) is 13.5. The zero-order valence-electron chi connectivity index (χ0n) is 27.4. The molecule has 3 aromatic heterocycles. The monoisotopic (exact) mass is 681 g/mol. The molecule has 0 unspecified atom stereocenters. The van der Waals surface area contributed by atoms with Gasteiger partial charge in [-0.05, 0) is 68.3 Å². The van der Waals surface area contributed by atoms with Gasteiger partial charge in [0.2, 0.25) is 0 Å². The highest BCUT2D eigenvalue weighted by Gasteiger charge is 2.35. The van der Waals surface area contributed by atoms with Crippen LogP contribution in [0.2, 0.25) is 0 Å². The largest absolute Gasteiger partial charge is 0.386 e. The molecule has 1 N–H and O–H groups in total. The number of benzene rings is 4. The second-order valence-electron chi connectivity index (χ2n) is 13.0. The lowest BCUT2D eigenvalue weighted by atomic mass is 9.97. The first kappa shape index (κ1) is 31.4. The second kappa shape index (κ2) is 11.3. The molecule has 7 aromatic rings. The lowest BCUT2D eigenvalue weighted by Gasteiger charge is -2.17. The fraction of sp³-hybridized carbons (Fsp3) is 0.128. The molecule has 0 saturated heterocycles. The number of carbonyl (C=O) groups excluding carboxylic acids is 2. The van der Waals surface area contributed by atoms with Crippen LogP contribution in [-0.4, -0.2) is 48.6 Å². The van der Waals surface area contributed by atoms with Crippen molar-refractivity contribution in [3.05, 3.63) is 143 Å². The minimum atomic E-state index is -3.98. The summed E-state index contributed by atoms with van der Waals surface area (Å²) in [5.41, 5.74) is 5.59. The molecule has 0 radical (unpaired) electrons. The van der Waals surface area contributed by atoms with E-state index in [9.17, 15) is 23.1 Å². The van der Waals surface area contributed by atoms with Crippen LogP contribution < -0.4 is 0 Å². The third kappa shape index (κ3) is 5.01. The van der Waals surface area contributed by atoms with Crippen molar-refractivity contribution < 1.29 is 23.1 Å². The second-order valence-corrected chi connectivity index (χ2v) is 14.8. The van der Waals surface area contributed by atoms with Gasteiger partial charge >= 0.3 is 0 Å². The highest BCUT2D eigenvalue weighted by atomic mass is 32.2. The molecule has 2 amide bonds. The highest BCUT2D eigenvalue weighted by Crippen LogP contribution is 2.35. The van der Waals surface area contributed by atoms with Crippen LogP contribution in [0.15, 0.2) is 120 Å². The number of rotatable bonds is 7. The fourth-order valence-corrected chi connectivity index (χ4v) is 7.74. The molecule has 10 nitrogen and oxygen atoms in total. The third-order valence-corrected chi connectivity index (χ3v) is 10.8. The van der Waals surface area contributed by atoms with Gasteiger partial charge in [-0.15, -0.1) is 0 Å². The maximum atomic E-state index is 13.8. The van der Waals surface area contributed by atoms with E-state index in [1.165, 1.54) is 15.1 Å². The van der Waals surface area contributed by atoms with Crippen molar-refractivity contribution in [2.45, 2.75) is 37.8 Å². The smallest absolute Gasteiger partial charge is 0.269 e. The molecule has 248 valence electrons. The molecule has 4 aromatic carbocycles. The number of hydrogen-bond acceptors (Lipinski definition) is 7. The summed E-state index contributed by atoms with van der Waals surface area (Å²) in [6.45, 7) is 5.40. The summed E-state index contributed by atoms with van der Waals surface area (Å²) in [4.78, 5) is 37.4. The first-order valence-electron chi connectivity index (χ1n) is 16.0. The number of amides is 2. The van der Waals surface area contributed by atoms with Crippen LogP contribution in [0.25, 0.3) is 39.3 Å². The van der Waals surface area contributed by atoms with E-state index in [0.717, 1.165) is 22.3 Å². The summed E-state index contributed by atoms with van der Waals surface area (Å²) in [6.07, 6.45) is 3.11. The Labute approximate surface area is 288 Å². The van der Waals surface area contributed by atoms with Crippen molar-refractivity contribution in [2.24, 2.45) is 0 Å². The fourth-order valence-electron chi connectivity index (χ4n) is 6.45. The van der Waals surface area contributed by atoms with Crippen molar-refractivity contribution in [3.8, 4) is 22.6 Å². The van der Waals surface area contributed by atoms with Gasteiger partial charge in [0.25, 0.3) is 21.8 Å². The van der Waals surface area contributed by atoms with E-state index in [1.807, 2.05) is 59.9 Å². The Morgan fingerprint density at radius 2 is 1.46 bits per heavy atom. The standard InChI is InChI=1S/C39H31N5O5S/c1-24-11-17-29(18-12-24)50(48,49)43-20-19-32-36(43)40-22-33-34(26-13-15-28(16-14-26)39(2,3)47)41-35(44(32)33)27-8-6-7-25(21-27)23-42-37(45)30-9-4-5-10-31(30)38(42)46/h4-22,47H,23H2,1-3H3. The Balaban J connectivity index is 1.28. The summed E-state index contributed by atoms with van der Waals surface area (Å²) in [5.74, 6) is -0.172. The van der Waals surface area contributed by atoms with Gasteiger partial charge in [-0.2, -0.15) is 0 Å². The lowest BCUT2D eigenvalue weighted by molar-refractivity contribution is 0.0641. The maximum Gasteiger partial charge on any atom is 0.269 e. The zero-order valence-corrected chi connectivity index (χ0v) is 28.2. The number of imidazole rings is 1. The lowest BCUT2D eigenvalue weighted by Crippen LogP contribution is -2.29. The SMILES string of the molecule is Cc1ccc(S(=O)(=O)n2ccc3c2ncc2c(-c4ccc(C(C)(C)O)cc4)nc(-c4cccc(CN5C(=O)c6ccccc6C5=O)c4)n23)cc1. The predicted octanol–water partition coefficient (Wildman–Crippen LogP) is 6.59. The molecule has 8 rings (SSSR count). The van der Waals surface area contributed by atoms with Gasteiger partial charge in [0.1, 0.15) is 5.82 Å². The summed E-state index contributed by atoms with van der Waals surface area (Å²) in [7, 11) is -3.98. The Hall–Kier alpha value is -5.91. The van der Waals surface area contributed by atoms with E-state index in [4.69, 9.17) is 4.98 Å². The van der Waals surface area contributed by atoms with Gasteiger partial charge in [-0.3, -0.25) is 18.9 Å². The molecule has 50 heavy (non-hydrogen) atoms. The Kier molecular flexibility index (Phi) is 7.11. The first-order valence-corrected chi connectivity index (χ1v) is 17.4.